The van der Waals surface area contributed by atoms with Gasteiger partial charge in [0.15, 0.2) is 9.84 Å². The van der Waals surface area contributed by atoms with Gasteiger partial charge >= 0.3 is 0 Å². The fourth-order valence-electron chi connectivity index (χ4n) is 1.93. The minimum Gasteiger partial charge on any atom is -0.399 e. The highest BCUT2D eigenvalue weighted by Crippen LogP contribution is 2.15. The number of aryl methyl sites for hydroxylation is 1. The van der Waals surface area contributed by atoms with Crippen LogP contribution in [-0.2, 0) is 22.0 Å². The molecular weight excluding hydrogens is 294 g/mol. The summed E-state index contributed by atoms with van der Waals surface area (Å²) < 4.78 is 24.2. The zero-order valence-corrected chi connectivity index (χ0v) is 12.5. The van der Waals surface area contributed by atoms with E-state index in [1.54, 1.807) is 30.3 Å². The molecule has 0 unspecified atom stereocenters. The number of sulfone groups is 1. The molecule has 2 N–H and O–H groups in total. The van der Waals surface area contributed by atoms with Crippen LogP contribution in [0.4, 0.5) is 5.69 Å². The zero-order valence-electron chi connectivity index (χ0n) is 10.9. The summed E-state index contributed by atoms with van der Waals surface area (Å²) in [5, 5.41) is 0.600. The van der Waals surface area contributed by atoms with Gasteiger partial charge in [-0.15, -0.1) is 0 Å². The van der Waals surface area contributed by atoms with Crippen molar-refractivity contribution in [2.45, 2.75) is 12.2 Å². The molecule has 5 heteroatoms. The summed E-state index contributed by atoms with van der Waals surface area (Å²) in [5.41, 5.74) is 8.06. The van der Waals surface area contributed by atoms with Crippen molar-refractivity contribution < 1.29 is 8.42 Å². The molecule has 3 nitrogen and oxygen atoms in total. The standard InChI is InChI=1S/C15H16ClNO2S/c16-14-7-5-12(6-8-14)11-20(18,19)10-9-13-3-1-2-4-15(13)17/h1-8H,9-11,17H2. The van der Waals surface area contributed by atoms with Crippen LogP contribution >= 0.6 is 11.6 Å². The topological polar surface area (TPSA) is 60.2 Å². The molecular formula is C15H16ClNO2S. The molecule has 20 heavy (non-hydrogen) atoms. The second-order valence-electron chi connectivity index (χ2n) is 4.67. The Morgan fingerprint density at radius 3 is 2.30 bits per heavy atom. The van der Waals surface area contributed by atoms with Crippen molar-refractivity contribution in [2.24, 2.45) is 0 Å². The van der Waals surface area contributed by atoms with Gasteiger partial charge in [-0.25, -0.2) is 8.42 Å². The first-order valence-electron chi connectivity index (χ1n) is 6.24. The van der Waals surface area contributed by atoms with Crippen molar-refractivity contribution in [3.05, 3.63) is 64.7 Å². The van der Waals surface area contributed by atoms with Crippen molar-refractivity contribution in [2.75, 3.05) is 11.5 Å². The number of halogens is 1. The summed E-state index contributed by atoms with van der Waals surface area (Å²) in [4.78, 5) is 0. The van der Waals surface area contributed by atoms with Crippen molar-refractivity contribution in [3.63, 3.8) is 0 Å². The van der Waals surface area contributed by atoms with E-state index in [9.17, 15) is 8.42 Å². The van der Waals surface area contributed by atoms with E-state index in [4.69, 9.17) is 17.3 Å². The van der Waals surface area contributed by atoms with Gasteiger partial charge in [0.05, 0.1) is 11.5 Å². The molecule has 0 heterocycles. The molecule has 2 rings (SSSR count). The normalized spacial score (nSPS) is 11.4. The lowest BCUT2D eigenvalue weighted by molar-refractivity contribution is 0.594. The van der Waals surface area contributed by atoms with Crippen LogP contribution in [0.1, 0.15) is 11.1 Å². The van der Waals surface area contributed by atoms with Crippen LogP contribution in [0, 0.1) is 0 Å². The lowest BCUT2D eigenvalue weighted by Crippen LogP contribution is -2.12. The van der Waals surface area contributed by atoms with Crippen molar-refractivity contribution >= 4 is 27.1 Å². The Kier molecular flexibility index (Phi) is 4.68. The average Bonchev–Trinajstić information content (AvgIpc) is 2.40. The number of rotatable bonds is 5. The number of benzene rings is 2. The smallest absolute Gasteiger partial charge is 0.154 e. The van der Waals surface area contributed by atoms with E-state index in [0.29, 0.717) is 17.1 Å². The Bertz CT molecular complexity index is 681. The number of nitrogens with two attached hydrogens (primary N) is 1. The second-order valence-corrected chi connectivity index (χ2v) is 7.29. The maximum atomic E-state index is 12.1. The quantitative estimate of drug-likeness (QED) is 0.863. The molecule has 0 saturated heterocycles. The highest BCUT2D eigenvalue weighted by atomic mass is 35.5. The summed E-state index contributed by atoms with van der Waals surface area (Å²) in [5.74, 6) is 0.112. The van der Waals surface area contributed by atoms with Crippen LogP contribution in [0.15, 0.2) is 48.5 Å². The molecule has 0 bridgehead atoms. The van der Waals surface area contributed by atoms with Crippen LogP contribution in [0.5, 0.6) is 0 Å². The number of hydrogen-bond acceptors (Lipinski definition) is 3. The van der Waals surface area contributed by atoms with Crippen LogP contribution in [0.2, 0.25) is 5.02 Å². The fourth-order valence-corrected chi connectivity index (χ4v) is 3.44. The largest absolute Gasteiger partial charge is 0.399 e. The third-order valence-corrected chi connectivity index (χ3v) is 4.89. The maximum Gasteiger partial charge on any atom is 0.154 e. The number of nitrogen functional groups attached to an aromatic ring is 1. The first-order chi connectivity index (χ1) is 9.46. The summed E-state index contributed by atoms with van der Waals surface area (Å²) in [6.07, 6.45) is 0.433. The predicted octanol–water partition coefficient (Wildman–Crippen LogP) is 3.08. The Labute approximate surface area is 124 Å². The third kappa shape index (κ3) is 4.25. The Morgan fingerprint density at radius 2 is 1.65 bits per heavy atom. The van der Waals surface area contributed by atoms with Crippen LogP contribution in [-0.4, -0.2) is 14.2 Å². The Morgan fingerprint density at radius 1 is 1.00 bits per heavy atom. The highest BCUT2D eigenvalue weighted by Gasteiger charge is 2.13. The molecule has 0 atom stereocenters. The van der Waals surface area contributed by atoms with Crippen LogP contribution in [0.25, 0.3) is 0 Å². The molecule has 2 aromatic rings. The lowest BCUT2D eigenvalue weighted by atomic mass is 10.1. The number of hydrogen-bond donors (Lipinski definition) is 1. The molecule has 106 valence electrons. The molecule has 0 amide bonds. The van der Waals surface area contributed by atoms with E-state index in [2.05, 4.69) is 0 Å². The third-order valence-electron chi connectivity index (χ3n) is 3.04. The van der Waals surface area contributed by atoms with E-state index < -0.39 is 9.84 Å². The monoisotopic (exact) mass is 309 g/mol. The first-order valence-corrected chi connectivity index (χ1v) is 8.44. The molecule has 2 aromatic carbocycles. The fraction of sp³-hybridized carbons (Fsp3) is 0.200. The maximum absolute atomic E-state index is 12.1. The van der Waals surface area contributed by atoms with E-state index in [0.717, 1.165) is 11.1 Å². The van der Waals surface area contributed by atoms with E-state index in [1.807, 2.05) is 18.2 Å². The molecule has 0 fully saturated rings. The lowest BCUT2D eigenvalue weighted by Gasteiger charge is -2.07. The van der Waals surface area contributed by atoms with E-state index in [1.165, 1.54) is 0 Å². The Hall–Kier alpha value is -1.52. The highest BCUT2D eigenvalue weighted by molar-refractivity contribution is 7.90. The summed E-state index contributed by atoms with van der Waals surface area (Å²) in [6, 6.07) is 14.2. The average molecular weight is 310 g/mol. The van der Waals surface area contributed by atoms with Crippen LogP contribution in [0.3, 0.4) is 0 Å². The summed E-state index contributed by atoms with van der Waals surface area (Å²) >= 11 is 5.78. The second kappa shape index (κ2) is 6.29. The van der Waals surface area contributed by atoms with Gasteiger partial charge in [0, 0.05) is 10.7 Å². The molecule has 0 spiro atoms. The van der Waals surface area contributed by atoms with Crippen molar-refractivity contribution in [1.82, 2.24) is 0 Å². The van der Waals surface area contributed by atoms with E-state index >= 15 is 0 Å². The molecule has 0 aliphatic carbocycles. The molecule has 0 aliphatic rings. The predicted molar refractivity (Wildman–Crippen MR) is 83.5 cm³/mol. The van der Waals surface area contributed by atoms with Crippen LogP contribution < -0.4 is 5.73 Å². The molecule has 0 aliphatic heterocycles. The minimum absolute atomic E-state index is 0.0247. The summed E-state index contributed by atoms with van der Waals surface area (Å²) in [6.45, 7) is 0. The molecule has 0 radical (unpaired) electrons. The number of para-hydroxylation sites is 1. The first kappa shape index (κ1) is 14.9. The zero-order chi connectivity index (χ0) is 14.6. The van der Waals surface area contributed by atoms with Crippen molar-refractivity contribution in [3.8, 4) is 0 Å². The number of anilines is 1. The van der Waals surface area contributed by atoms with Gasteiger partial charge < -0.3 is 5.73 Å². The summed E-state index contributed by atoms with van der Waals surface area (Å²) in [7, 11) is -3.16. The van der Waals surface area contributed by atoms with Gasteiger partial charge in [0.2, 0.25) is 0 Å². The minimum atomic E-state index is -3.16. The van der Waals surface area contributed by atoms with Gasteiger partial charge in [-0.05, 0) is 35.7 Å². The molecule has 0 saturated carbocycles. The Balaban J connectivity index is 2.01. The van der Waals surface area contributed by atoms with Gasteiger partial charge in [-0.3, -0.25) is 0 Å². The van der Waals surface area contributed by atoms with Gasteiger partial charge in [-0.2, -0.15) is 0 Å². The molecule has 0 aromatic heterocycles. The van der Waals surface area contributed by atoms with E-state index in [-0.39, 0.29) is 11.5 Å². The van der Waals surface area contributed by atoms with Gasteiger partial charge in [-0.1, -0.05) is 41.9 Å². The SMILES string of the molecule is Nc1ccccc1CCS(=O)(=O)Cc1ccc(Cl)cc1. The van der Waals surface area contributed by atoms with Gasteiger partial charge in [0.25, 0.3) is 0 Å². The van der Waals surface area contributed by atoms with Gasteiger partial charge in [0.1, 0.15) is 0 Å². The van der Waals surface area contributed by atoms with Crippen molar-refractivity contribution in [1.29, 1.82) is 0 Å².